The van der Waals surface area contributed by atoms with E-state index in [1.54, 1.807) is 30.3 Å². The first-order chi connectivity index (χ1) is 15.4. The molecule has 6 nitrogen and oxygen atoms in total. The molecule has 0 atom stereocenters. The molecule has 1 fully saturated rings. The quantitative estimate of drug-likeness (QED) is 0.612. The highest BCUT2D eigenvalue weighted by atomic mass is 19.4. The number of amides is 1. The first-order valence-corrected chi connectivity index (χ1v) is 10.7. The second-order valence-electron chi connectivity index (χ2n) is 8.12. The van der Waals surface area contributed by atoms with E-state index in [0.29, 0.717) is 47.8 Å². The molecule has 3 heterocycles. The molecular formula is C23H23F3N4O2. The number of benzene rings is 1. The van der Waals surface area contributed by atoms with Gasteiger partial charge in [-0.1, -0.05) is 6.92 Å². The maximum absolute atomic E-state index is 13.7. The van der Waals surface area contributed by atoms with Crippen molar-refractivity contribution in [3.8, 4) is 16.9 Å². The molecule has 2 aromatic heterocycles. The van der Waals surface area contributed by atoms with Crippen molar-refractivity contribution >= 4 is 5.91 Å². The Balaban J connectivity index is 1.48. The van der Waals surface area contributed by atoms with Crippen molar-refractivity contribution in [2.24, 2.45) is 0 Å². The Morgan fingerprint density at radius 1 is 1.06 bits per heavy atom. The van der Waals surface area contributed by atoms with Gasteiger partial charge < -0.3 is 14.2 Å². The van der Waals surface area contributed by atoms with Crippen LogP contribution in [0.15, 0.2) is 41.0 Å². The van der Waals surface area contributed by atoms with Crippen LogP contribution in [0.5, 0.6) is 0 Å². The van der Waals surface area contributed by atoms with Crippen molar-refractivity contribution in [3.63, 3.8) is 0 Å². The van der Waals surface area contributed by atoms with Crippen LogP contribution in [-0.2, 0) is 19.0 Å². The standard InChI is InChI=1S/C23H23F3N4O2/c1-2-28-10-12-29(13-11-28)22(31)15-3-5-16(6-4-15)30-20-17-9-14-32-19(17)8-7-18(20)21(27-30)23(24,25)26/h3-6,9,14H,2,7-8,10-13H2,1H3. The fraction of sp³-hybridized carbons (Fsp3) is 0.391. The Labute approximate surface area is 183 Å². The van der Waals surface area contributed by atoms with Crippen LogP contribution in [0, 0.1) is 0 Å². The molecule has 0 radical (unpaired) electrons. The highest BCUT2D eigenvalue weighted by molar-refractivity contribution is 5.94. The van der Waals surface area contributed by atoms with Crippen molar-refractivity contribution in [1.29, 1.82) is 0 Å². The van der Waals surface area contributed by atoms with Gasteiger partial charge in [-0.05, 0) is 43.3 Å². The van der Waals surface area contributed by atoms with Gasteiger partial charge in [0.2, 0.25) is 0 Å². The lowest BCUT2D eigenvalue weighted by molar-refractivity contribution is -0.142. The number of hydrogen-bond acceptors (Lipinski definition) is 4. The molecule has 0 spiro atoms. The van der Waals surface area contributed by atoms with Gasteiger partial charge in [-0.3, -0.25) is 4.79 Å². The zero-order valence-electron chi connectivity index (χ0n) is 17.7. The minimum absolute atomic E-state index is 0.0668. The second kappa shape index (κ2) is 7.81. The molecule has 1 amide bonds. The number of furan rings is 1. The summed E-state index contributed by atoms with van der Waals surface area (Å²) < 4.78 is 47.8. The highest BCUT2D eigenvalue weighted by Crippen LogP contribution is 2.42. The minimum Gasteiger partial charge on any atom is -0.469 e. The predicted molar refractivity (Wildman–Crippen MR) is 112 cm³/mol. The summed E-state index contributed by atoms with van der Waals surface area (Å²) in [5, 5.41) is 3.94. The van der Waals surface area contributed by atoms with Crippen LogP contribution in [-0.4, -0.2) is 58.2 Å². The number of fused-ring (bicyclic) bond motifs is 3. The van der Waals surface area contributed by atoms with Gasteiger partial charge in [0.05, 0.1) is 17.6 Å². The number of carbonyl (C=O) groups is 1. The zero-order valence-corrected chi connectivity index (χ0v) is 17.7. The zero-order chi connectivity index (χ0) is 22.5. The summed E-state index contributed by atoms with van der Waals surface area (Å²) in [5.41, 5.74) is 1.33. The van der Waals surface area contributed by atoms with Gasteiger partial charge in [0.25, 0.3) is 5.91 Å². The fourth-order valence-corrected chi connectivity index (χ4v) is 4.56. The van der Waals surface area contributed by atoms with E-state index in [2.05, 4.69) is 16.9 Å². The Bertz CT molecular complexity index is 1140. The van der Waals surface area contributed by atoms with Gasteiger partial charge >= 0.3 is 6.18 Å². The Hall–Kier alpha value is -3.07. The summed E-state index contributed by atoms with van der Waals surface area (Å²) in [6, 6.07) is 8.29. The number of piperazine rings is 1. The first-order valence-electron chi connectivity index (χ1n) is 10.7. The van der Waals surface area contributed by atoms with Crippen LogP contribution >= 0.6 is 0 Å². The lowest BCUT2D eigenvalue weighted by atomic mass is 9.94. The van der Waals surface area contributed by atoms with Crippen LogP contribution in [0.3, 0.4) is 0 Å². The minimum atomic E-state index is -4.55. The van der Waals surface area contributed by atoms with Crippen LogP contribution in [0.25, 0.3) is 16.9 Å². The molecule has 32 heavy (non-hydrogen) atoms. The van der Waals surface area contributed by atoms with Gasteiger partial charge in [0.15, 0.2) is 5.69 Å². The molecule has 3 aromatic rings. The van der Waals surface area contributed by atoms with Crippen LogP contribution < -0.4 is 0 Å². The maximum atomic E-state index is 13.7. The largest absolute Gasteiger partial charge is 0.469 e. The van der Waals surface area contributed by atoms with Crippen LogP contribution in [0.1, 0.15) is 34.3 Å². The number of rotatable bonds is 3. The number of hydrogen-bond donors (Lipinski definition) is 0. The molecule has 0 unspecified atom stereocenters. The van der Waals surface area contributed by atoms with E-state index in [-0.39, 0.29) is 17.9 Å². The third kappa shape index (κ3) is 3.50. The number of nitrogens with zero attached hydrogens (tertiary/aromatic N) is 4. The van der Waals surface area contributed by atoms with Gasteiger partial charge in [-0.25, -0.2) is 4.68 Å². The SMILES string of the molecule is CCN1CCN(C(=O)c2ccc(-n3nc(C(F)(F)F)c4c3-c3ccoc3CC4)cc2)CC1. The van der Waals surface area contributed by atoms with Crippen molar-refractivity contribution in [2.75, 3.05) is 32.7 Å². The number of aryl methyl sites for hydroxylation is 1. The van der Waals surface area contributed by atoms with Crippen molar-refractivity contribution in [2.45, 2.75) is 25.9 Å². The lowest BCUT2D eigenvalue weighted by Crippen LogP contribution is -2.48. The molecule has 0 N–H and O–H groups in total. The molecule has 9 heteroatoms. The summed E-state index contributed by atoms with van der Waals surface area (Å²) in [5.74, 6) is 0.591. The molecule has 1 aliphatic carbocycles. The summed E-state index contributed by atoms with van der Waals surface area (Å²) in [4.78, 5) is 17.0. The van der Waals surface area contributed by atoms with E-state index in [0.717, 1.165) is 19.6 Å². The molecule has 5 rings (SSSR count). The smallest absolute Gasteiger partial charge is 0.435 e. The topological polar surface area (TPSA) is 54.5 Å². The average Bonchev–Trinajstić information content (AvgIpc) is 3.43. The Kier molecular flexibility index (Phi) is 5.08. The van der Waals surface area contributed by atoms with E-state index >= 15 is 0 Å². The van der Waals surface area contributed by atoms with E-state index in [1.165, 1.54) is 10.9 Å². The van der Waals surface area contributed by atoms with E-state index in [9.17, 15) is 18.0 Å². The van der Waals surface area contributed by atoms with Crippen molar-refractivity contribution in [3.05, 3.63) is 59.2 Å². The summed E-state index contributed by atoms with van der Waals surface area (Å²) >= 11 is 0. The summed E-state index contributed by atoms with van der Waals surface area (Å²) in [6.45, 7) is 6.07. The van der Waals surface area contributed by atoms with Gasteiger partial charge in [0.1, 0.15) is 5.76 Å². The molecule has 0 saturated carbocycles. The Morgan fingerprint density at radius 3 is 2.44 bits per heavy atom. The number of likely N-dealkylation sites (N-methyl/N-ethyl adjacent to an activating group) is 1. The summed E-state index contributed by atoms with van der Waals surface area (Å²) in [6.07, 6.45) is -2.44. The number of carbonyl (C=O) groups excluding carboxylic acids is 1. The first kappa shape index (κ1) is 20.8. The number of aromatic nitrogens is 2. The predicted octanol–water partition coefficient (Wildman–Crippen LogP) is 4.03. The third-order valence-corrected chi connectivity index (χ3v) is 6.32. The van der Waals surface area contributed by atoms with Gasteiger partial charge in [-0.15, -0.1) is 0 Å². The second-order valence-corrected chi connectivity index (χ2v) is 8.12. The highest BCUT2D eigenvalue weighted by Gasteiger charge is 2.41. The van der Waals surface area contributed by atoms with Crippen molar-refractivity contribution in [1.82, 2.24) is 19.6 Å². The lowest BCUT2D eigenvalue weighted by Gasteiger charge is -2.34. The normalized spacial score (nSPS) is 16.7. The van der Waals surface area contributed by atoms with Crippen LogP contribution in [0.4, 0.5) is 13.2 Å². The maximum Gasteiger partial charge on any atom is 0.435 e. The molecular weight excluding hydrogens is 421 g/mol. The molecule has 1 aliphatic heterocycles. The fourth-order valence-electron chi connectivity index (χ4n) is 4.56. The van der Waals surface area contributed by atoms with Gasteiger partial charge in [-0.2, -0.15) is 18.3 Å². The molecule has 1 saturated heterocycles. The number of halogens is 3. The molecule has 168 valence electrons. The molecule has 2 aliphatic rings. The van der Waals surface area contributed by atoms with Crippen molar-refractivity contribution < 1.29 is 22.4 Å². The van der Waals surface area contributed by atoms with E-state index < -0.39 is 11.9 Å². The van der Waals surface area contributed by atoms with E-state index in [1.807, 2.05) is 4.90 Å². The molecule has 1 aromatic carbocycles. The number of alkyl halides is 3. The monoisotopic (exact) mass is 444 g/mol. The summed E-state index contributed by atoms with van der Waals surface area (Å²) in [7, 11) is 0. The third-order valence-electron chi connectivity index (χ3n) is 6.32. The molecule has 0 bridgehead atoms. The average molecular weight is 444 g/mol. The Morgan fingerprint density at radius 2 is 1.78 bits per heavy atom. The van der Waals surface area contributed by atoms with Gasteiger partial charge in [0, 0.05) is 49.3 Å². The van der Waals surface area contributed by atoms with Crippen LogP contribution in [0.2, 0.25) is 0 Å². The van der Waals surface area contributed by atoms with E-state index in [4.69, 9.17) is 4.42 Å².